The van der Waals surface area contributed by atoms with Crippen LogP contribution in [0.15, 0.2) is 200 Å². The molecule has 0 aliphatic rings. The molecule has 1 atom stereocenters. The summed E-state index contributed by atoms with van der Waals surface area (Å²) in [6.07, 6.45) is 2.15. The third-order valence-electron chi connectivity index (χ3n) is 11.0. The molecule has 0 amide bonds. The SMILES string of the molecule is NC(/C=C(\NCc1cccc(-c2ccccc2)c1)c1ccccc1)c1ccc(-n2c3ccccc3c3c4c5ccccc5ccc4c4ccccc4c32)cc1. The van der Waals surface area contributed by atoms with Crippen LogP contribution in [0.4, 0.5) is 0 Å². The molecule has 0 spiro atoms. The first-order valence-electron chi connectivity index (χ1n) is 19.0. The number of rotatable bonds is 8. The summed E-state index contributed by atoms with van der Waals surface area (Å²) < 4.78 is 2.44. The maximum Gasteiger partial charge on any atom is 0.0626 e. The Bertz CT molecular complexity index is 3030. The second-order valence-corrected chi connectivity index (χ2v) is 14.3. The molecule has 0 saturated carbocycles. The molecule has 3 heteroatoms. The molecular weight excluding hydrogens is 667 g/mol. The molecule has 0 saturated heterocycles. The zero-order chi connectivity index (χ0) is 36.7. The second kappa shape index (κ2) is 13.8. The lowest BCUT2D eigenvalue weighted by Crippen LogP contribution is -2.16. The Morgan fingerprint density at radius 3 is 1.98 bits per heavy atom. The number of nitrogens with one attached hydrogen (secondary N) is 1. The minimum atomic E-state index is -0.318. The predicted molar refractivity (Wildman–Crippen MR) is 233 cm³/mol. The van der Waals surface area contributed by atoms with E-state index in [1.54, 1.807) is 0 Å². The number of benzene rings is 9. The molecule has 10 aromatic rings. The molecule has 1 aromatic heterocycles. The van der Waals surface area contributed by atoms with Gasteiger partial charge >= 0.3 is 0 Å². The van der Waals surface area contributed by atoms with Gasteiger partial charge in [-0.3, -0.25) is 0 Å². The van der Waals surface area contributed by atoms with Gasteiger partial charge in [0.05, 0.1) is 17.1 Å². The van der Waals surface area contributed by atoms with E-state index >= 15 is 0 Å². The maximum absolute atomic E-state index is 7.02. The van der Waals surface area contributed by atoms with Crippen molar-refractivity contribution in [3.63, 3.8) is 0 Å². The van der Waals surface area contributed by atoms with E-state index in [0.717, 1.165) is 22.5 Å². The Hall–Kier alpha value is -6.94. The molecule has 3 N–H and O–H groups in total. The van der Waals surface area contributed by atoms with Crippen LogP contribution in [0.3, 0.4) is 0 Å². The first-order chi connectivity index (χ1) is 27.2. The van der Waals surface area contributed by atoms with Gasteiger partial charge in [-0.2, -0.15) is 0 Å². The molecule has 0 aliphatic heterocycles. The monoisotopic (exact) mass is 705 g/mol. The van der Waals surface area contributed by atoms with Crippen molar-refractivity contribution < 1.29 is 0 Å². The lowest BCUT2D eigenvalue weighted by atomic mass is 9.93. The van der Waals surface area contributed by atoms with Crippen molar-refractivity contribution in [1.82, 2.24) is 9.88 Å². The van der Waals surface area contributed by atoms with Crippen LogP contribution in [-0.2, 0) is 6.54 Å². The Morgan fingerprint density at radius 1 is 0.527 bits per heavy atom. The Balaban J connectivity index is 1.05. The molecule has 10 rings (SSSR count). The van der Waals surface area contributed by atoms with Crippen molar-refractivity contribution in [2.45, 2.75) is 12.6 Å². The molecule has 1 unspecified atom stereocenters. The van der Waals surface area contributed by atoms with Gasteiger partial charge in [-0.15, -0.1) is 0 Å². The highest BCUT2D eigenvalue weighted by molar-refractivity contribution is 6.36. The van der Waals surface area contributed by atoms with E-state index in [4.69, 9.17) is 5.73 Å². The van der Waals surface area contributed by atoms with Crippen molar-refractivity contribution >= 4 is 59.8 Å². The fourth-order valence-electron chi connectivity index (χ4n) is 8.39. The van der Waals surface area contributed by atoms with Crippen LogP contribution in [0.25, 0.3) is 76.6 Å². The van der Waals surface area contributed by atoms with Gasteiger partial charge < -0.3 is 15.6 Å². The zero-order valence-corrected chi connectivity index (χ0v) is 30.4. The molecule has 9 aromatic carbocycles. The van der Waals surface area contributed by atoms with Crippen LogP contribution in [-0.4, -0.2) is 4.57 Å². The van der Waals surface area contributed by atoms with Crippen LogP contribution >= 0.6 is 0 Å². The van der Waals surface area contributed by atoms with Crippen molar-refractivity contribution in [1.29, 1.82) is 0 Å². The summed E-state index contributed by atoms with van der Waals surface area (Å²) in [6, 6.07) is 69.2. The highest BCUT2D eigenvalue weighted by atomic mass is 15.0. The summed E-state index contributed by atoms with van der Waals surface area (Å²) in [4.78, 5) is 0. The average Bonchev–Trinajstić information content (AvgIpc) is 3.61. The largest absolute Gasteiger partial charge is 0.381 e. The summed E-state index contributed by atoms with van der Waals surface area (Å²) in [5, 5.41) is 13.9. The second-order valence-electron chi connectivity index (χ2n) is 14.3. The molecule has 55 heavy (non-hydrogen) atoms. The minimum Gasteiger partial charge on any atom is -0.381 e. The highest BCUT2D eigenvalue weighted by Gasteiger charge is 2.20. The minimum absolute atomic E-state index is 0.318. The smallest absolute Gasteiger partial charge is 0.0626 e. The van der Waals surface area contributed by atoms with Gasteiger partial charge in [-0.05, 0) is 79.7 Å². The predicted octanol–water partition coefficient (Wildman–Crippen LogP) is 12.7. The van der Waals surface area contributed by atoms with E-state index < -0.39 is 0 Å². The summed E-state index contributed by atoms with van der Waals surface area (Å²) in [5.74, 6) is 0. The van der Waals surface area contributed by atoms with E-state index in [9.17, 15) is 0 Å². The lowest BCUT2D eigenvalue weighted by Gasteiger charge is -2.17. The van der Waals surface area contributed by atoms with Crippen molar-refractivity contribution in [3.05, 3.63) is 217 Å². The van der Waals surface area contributed by atoms with Gasteiger partial charge in [0.15, 0.2) is 0 Å². The summed E-state index contributed by atoms with van der Waals surface area (Å²) in [6.45, 7) is 0.679. The molecule has 0 bridgehead atoms. The first-order valence-corrected chi connectivity index (χ1v) is 19.0. The summed E-state index contributed by atoms with van der Waals surface area (Å²) in [7, 11) is 0. The van der Waals surface area contributed by atoms with E-state index in [2.05, 4.69) is 204 Å². The number of hydrogen-bond donors (Lipinski definition) is 2. The number of aromatic nitrogens is 1. The highest BCUT2D eigenvalue weighted by Crippen LogP contribution is 2.44. The van der Waals surface area contributed by atoms with Crippen molar-refractivity contribution in [3.8, 4) is 16.8 Å². The van der Waals surface area contributed by atoms with E-state index in [1.807, 2.05) is 6.07 Å². The van der Waals surface area contributed by atoms with Crippen LogP contribution in [0.2, 0.25) is 0 Å². The molecule has 0 radical (unpaired) electrons. The first kappa shape index (κ1) is 32.7. The fraction of sp³-hybridized carbons (Fsp3) is 0.0385. The summed E-state index contributed by atoms with van der Waals surface area (Å²) in [5.41, 5.74) is 17.3. The molecule has 262 valence electrons. The number of nitrogens with zero attached hydrogens (tertiary/aromatic N) is 1. The quantitative estimate of drug-likeness (QED) is 0.155. The number of nitrogens with two attached hydrogens (primary N) is 1. The van der Waals surface area contributed by atoms with Gasteiger partial charge in [-0.1, -0.05) is 170 Å². The molecule has 0 fully saturated rings. The van der Waals surface area contributed by atoms with E-state index in [0.29, 0.717) is 6.54 Å². The molecule has 0 aliphatic carbocycles. The van der Waals surface area contributed by atoms with Crippen LogP contribution in [0.5, 0.6) is 0 Å². The van der Waals surface area contributed by atoms with Gasteiger partial charge in [0.2, 0.25) is 0 Å². The lowest BCUT2D eigenvalue weighted by molar-refractivity contribution is 0.857. The third-order valence-corrected chi connectivity index (χ3v) is 11.0. The third kappa shape index (κ3) is 5.83. The average molecular weight is 706 g/mol. The molecule has 3 nitrogen and oxygen atoms in total. The van der Waals surface area contributed by atoms with Crippen LogP contribution < -0.4 is 11.1 Å². The van der Waals surface area contributed by atoms with Gasteiger partial charge in [-0.25, -0.2) is 0 Å². The zero-order valence-electron chi connectivity index (χ0n) is 30.4. The van der Waals surface area contributed by atoms with Crippen molar-refractivity contribution in [2.24, 2.45) is 5.73 Å². The number of hydrogen-bond acceptors (Lipinski definition) is 2. The number of fused-ring (bicyclic) bond motifs is 10. The van der Waals surface area contributed by atoms with E-state index in [-0.39, 0.29) is 6.04 Å². The molecular formula is C52H39N3. The Kier molecular flexibility index (Phi) is 8.20. The van der Waals surface area contributed by atoms with Gasteiger partial charge in [0.25, 0.3) is 0 Å². The molecule has 1 heterocycles. The van der Waals surface area contributed by atoms with E-state index in [1.165, 1.54) is 70.8 Å². The normalized spacial score (nSPS) is 12.6. The topological polar surface area (TPSA) is 43.0 Å². The standard InChI is InChI=1S/C52H39N3/c53-47(33-48(39-18-5-2-6-19-39)54-34-35-14-13-20-40(32-35)36-15-3-1-4-16-36)38-26-29-41(30-27-38)55-49-25-12-11-24-46(49)51-50-42-21-8-7-17-37(42)28-31-44(50)43-22-9-10-23-45(43)52(51)55/h1-33,47,54H,34,53H2/b48-33-. The Morgan fingerprint density at radius 2 is 1.18 bits per heavy atom. The maximum atomic E-state index is 7.02. The van der Waals surface area contributed by atoms with Crippen LogP contribution in [0, 0.1) is 0 Å². The van der Waals surface area contributed by atoms with Gasteiger partial charge in [0, 0.05) is 39.5 Å². The van der Waals surface area contributed by atoms with Crippen LogP contribution in [0.1, 0.15) is 22.7 Å². The fourth-order valence-corrected chi connectivity index (χ4v) is 8.39. The number of para-hydroxylation sites is 1. The summed E-state index contributed by atoms with van der Waals surface area (Å²) >= 11 is 0. The van der Waals surface area contributed by atoms with Crippen molar-refractivity contribution in [2.75, 3.05) is 0 Å². The Labute approximate surface area is 320 Å². The van der Waals surface area contributed by atoms with Gasteiger partial charge in [0.1, 0.15) is 0 Å².